The number of hydrogen-bond acceptors (Lipinski definition) is 6. The molecule has 4 atom stereocenters. The van der Waals surface area contributed by atoms with Crippen molar-refractivity contribution in [2.75, 3.05) is 18.5 Å². The van der Waals surface area contributed by atoms with Crippen LogP contribution in [0.25, 0.3) is 0 Å². The molecule has 0 aliphatic carbocycles. The smallest absolute Gasteiger partial charge is 0.221 e. The first kappa shape index (κ1) is 16.9. The van der Waals surface area contributed by atoms with Crippen molar-refractivity contribution in [1.82, 2.24) is 4.90 Å². The van der Waals surface area contributed by atoms with Crippen molar-refractivity contribution in [2.45, 2.75) is 37.8 Å². The Bertz CT molecular complexity index is 507. The molecule has 0 saturated carbocycles. The first-order chi connectivity index (χ1) is 10.4. The molecule has 7 heteroatoms. The molecule has 122 valence electrons. The van der Waals surface area contributed by atoms with Gasteiger partial charge in [0.1, 0.15) is 12.2 Å². The van der Waals surface area contributed by atoms with E-state index in [0.29, 0.717) is 12.2 Å². The number of hydrogen-bond donors (Lipinski definition) is 5. The van der Waals surface area contributed by atoms with E-state index in [-0.39, 0.29) is 19.1 Å². The quantitative estimate of drug-likeness (QED) is 0.483. The van der Waals surface area contributed by atoms with Crippen molar-refractivity contribution < 1.29 is 25.2 Å². The maximum Gasteiger partial charge on any atom is 0.221 e. The summed E-state index contributed by atoms with van der Waals surface area (Å²) in [4.78, 5) is 12.7. The Morgan fingerprint density at radius 2 is 1.86 bits per heavy atom. The number of amides is 1. The summed E-state index contributed by atoms with van der Waals surface area (Å²) < 4.78 is 0. The SMILES string of the molecule is CC(=O)Nc1ccc(CN2C[C@H](O)[C@@H](O)[C@H](O)[C@@H]2CO)cc1. The van der Waals surface area contributed by atoms with Crippen molar-refractivity contribution in [2.24, 2.45) is 0 Å². The fourth-order valence-electron chi connectivity index (χ4n) is 2.69. The van der Waals surface area contributed by atoms with Crippen LogP contribution in [0.1, 0.15) is 12.5 Å². The molecule has 1 heterocycles. The second-order valence-corrected chi connectivity index (χ2v) is 5.61. The molecule has 1 aliphatic rings. The molecule has 1 amide bonds. The van der Waals surface area contributed by atoms with Gasteiger partial charge in [0.25, 0.3) is 0 Å². The van der Waals surface area contributed by atoms with Crippen LogP contribution in [0.5, 0.6) is 0 Å². The number of carbonyl (C=O) groups excluding carboxylic acids is 1. The minimum Gasteiger partial charge on any atom is -0.395 e. The van der Waals surface area contributed by atoms with Gasteiger partial charge in [0.15, 0.2) is 0 Å². The highest BCUT2D eigenvalue weighted by molar-refractivity contribution is 5.88. The van der Waals surface area contributed by atoms with E-state index < -0.39 is 24.4 Å². The topological polar surface area (TPSA) is 113 Å². The number of β-amino-alcohol motifs (C(OH)–C–C–N with tert-alkyl or cyclic N) is 1. The number of rotatable bonds is 4. The predicted molar refractivity (Wildman–Crippen MR) is 80.0 cm³/mol. The predicted octanol–water partition coefficient (Wildman–Crippen LogP) is -1.10. The van der Waals surface area contributed by atoms with Gasteiger partial charge in [-0.05, 0) is 17.7 Å². The fraction of sp³-hybridized carbons (Fsp3) is 0.533. The van der Waals surface area contributed by atoms with Crippen molar-refractivity contribution in [3.8, 4) is 0 Å². The number of likely N-dealkylation sites (tertiary alicyclic amines) is 1. The number of aliphatic hydroxyl groups is 4. The van der Waals surface area contributed by atoms with Crippen molar-refractivity contribution in [3.05, 3.63) is 29.8 Å². The number of nitrogens with zero attached hydrogens (tertiary/aromatic N) is 1. The zero-order chi connectivity index (χ0) is 16.3. The molecule has 2 rings (SSSR count). The van der Waals surface area contributed by atoms with E-state index in [9.17, 15) is 25.2 Å². The zero-order valence-electron chi connectivity index (χ0n) is 12.4. The van der Waals surface area contributed by atoms with E-state index in [1.165, 1.54) is 6.92 Å². The van der Waals surface area contributed by atoms with Crippen LogP contribution in [0.4, 0.5) is 5.69 Å². The van der Waals surface area contributed by atoms with Gasteiger partial charge in [-0.1, -0.05) is 12.1 Å². The Morgan fingerprint density at radius 3 is 2.41 bits per heavy atom. The summed E-state index contributed by atoms with van der Waals surface area (Å²) in [7, 11) is 0. The number of nitrogens with one attached hydrogen (secondary N) is 1. The van der Waals surface area contributed by atoms with Gasteiger partial charge in [0, 0.05) is 25.7 Å². The summed E-state index contributed by atoms with van der Waals surface area (Å²) in [6.07, 6.45) is -3.51. The lowest BCUT2D eigenvalue weighted by molar-refractivity contribution is -0.147. The van der Waals surface area contributed by atoms with E-state index in [4.69, 9.17) is 0 Å². The molecule has 0 aromatic heterocycles. The van der Waals surface area contributed by atoms with Crippen LogP contribution >= 0.6 is 0 Å². The third kappa shape index (κ3) is 3.82. The molecule has 1 aromatic carbocycles. The average molecular weight is 310 g/mol. The van der Waals surface area contributed by atoms with Crippen LogP contribution in [-0.2, 0) is 11.3 Å². The Kier molecular flexibility index (Phi) is 5.49. The Labute approximate surface area is 128 Å². The number of piperidine rings is 1. The minimum absolute atomic E-state index is 0.149. The monoisotopic (exact) mass is 310 g/mol. The molecule has 0 bridgehead atoms. The number of carbonyl (C=O) groups is 1. The summed E-state index contributed by atoms with van der Waals surface area (Å²) >= 11 is 0. The van der Waals surface area contributed by atoms with Gasteiger partial charge in [-0.3, -0.25) is 9.69 Å². The van der Waals surface area contributed by atoms with Crippen molar-refractivity contribution in [1.29, 1.82) is 0 Å². The first-order valence-electron chi connectivity index (χ1n) is 7.18. The van der Waals surface area contributed by atoms with Gasteiger partial charge in [0.2, 0.25) is 5.91 Å². The number of aliphatic hydroxyl groups excluding tert-OH is 4. The number of benzene rings is 1. The van der Waals surface area contributed by atoms with E-state index in [1.807, 2.05) is 12.1 Å². The third-order valence-electron chi connectivity index (χ3n) is 3.88. The van der Waals surface area contributed by atoms with Gasteiger partial charge in [-0.15, -0.1) is 0 Å². The Hall–Kier alpha value is -1.51. The molecule has 1 aromatic rings. The van der Waals surface area contributed by atoms with Gasteiger partial charge in [0.05, 0.1) is 18.8 Å². The summed E-state index contributed by atoms with van der Waals surface area (Å²) in [6.45, 7) is 1.69. The largest absolute Gasteiger partial charge is 0.395 e. The van der Waals surface area contributed by atoms with E-state index in [2.05, 4.69) is 5.32 Å². The normalized spacial score (nSPS) is 29.3. The maximum atomic E-state index is 11.0. The summed E-state index contributed by atoms with van der Waals surface area (Å²) in [5, 5.41) is 41.5. The lowest BCUT2D eigenvalue weighted by Crippen LogP contribution is -2.62. The maximum absolute atomic E-state index is 11.0. The first-order valence-corrected chi connectivity index (χ1v) is 7.18. The molecule has 5 N–H and O–H groups in total. The van der Waals surface area contributed by atoms with Crippen LogP contribution in [0.15, 0.2) is 24.3 Å². The highest BCUT2D eigenvalue weighted by Gasteiger charge is 2.40. The highest BCUT2D eigenvalue weighted by Crippen LogP contribution is 2.21. The van der Waals surface area contributed by atoms with Gasteiger partial charge >= 0.3 is 0 Å². The molecular weight excluding hydrogens is 288 g/mol. The summed E-state index contributed by atoms with van der Waals surface area (Å²) in [5.74, 6) is -0.149. The Balaban J connectivity index is 2.06. The van der Waals surface area contributed by atoms with E-state index >= 15 is 0 Å². The molecule has 0 unspecified atom stereocenters. The fourth-order valence-corrected chi connectivity index (χ4v) is 2.69. The molecular formula is C15H22N2O5. The summed E-state index contributed by atoms with van der Waals surface area (Å²) in [5.41, 5.74) is 1.59. The summed E-state index contributed by atoms with van der Waals surface area (Å²) in [6, 6.07) is 6.54. The highest BCUT2D eigenvalue weighted by atomic mass is 16.4. The molecule has 1 saturated heterocycles. The van der Waals surface area contributed by atoms with Gasteiger partial charge in [-0.25, -0.2) is 0 Å². The molecule has 0 radical (unpaired) electrons. The van der Waals surface area contributed by atoms with E-state index in [0.717, 1.165) is 5.56 Å². The second-order valence-electron chi connectivity index (χ2n) is 5.61. The molecule has 7 nitrogen and oxygen atoms in total. The van der Waals surface area contributed by atoms with Gasteiger partial charge in [-0.2, -0.15) is 0 Å². The van der Waals surface area contributed by atoms with Crippen LogP contribution in [0.3, 0.4) is 0 Å². The second kappa shape index (κ2) is 7.17. The third-order valence-corrected chi connectivity index (χ3v) is 3.88. The van der Waals surface area contributed by atoms with E-state index in [1.54, 1.807) is 17.0 Å². The molecule has 1 aliphatic heterocycles. The average Bonchev–Trinajstić information content (AvgIpc) is 2.47. The van der Waals surface area contributed by atoms with Crippen molar-refractivity contribution >= 4 is 11.6 Å². The van der Waals surface area contributed by atoms with Crippen LogP contribution in [-0.4, -0.2) is 68.7 Å². The Morgan fingerprint density at radius 1 is 1.23 bits per heavy atom. The standard InChI is InChI=1S/C15H22N2O5/c1-9(19)16-11-4-2-10(3-5-11)6-17-7-13(20)15(22)14(21)12(17)8-18/h2-5,12-15,18,20-22H,6-8H2,1H3,(H,16,19)/t12-,13-,14+,15+/m0/s1. The van der Waals surface area contributed by atoms with Gasteiger partial charge < -0.3 is 25.7 Å². The van der Waals surface area contributed by atoms with Crippen molar-refractivity contribution in [3.63, 3.8) is 0 Å². The van der Waals surface area contributed by atoms with Crippen LogP contribution < -0.4 is 5.32 Å². The van der Waals surface area contributed by atoms with Crippen LogP contribution in [0.2, 0.25) is 0 Å². The number of anilines is 1. The molecule has 0 spiro atoms. The molecule has 1 fully saturated rings. The van der Waals surface area contributed by atoms with Crippen LogP contribution in [0, 0.1) is 0 Å². The molecule has 22 heavy (non-hydrogen) atoms. The lowest BCUT2D eigenvalue weighted by Gasteiger charge is -2.43. The lowest BCUT2D eigenvalue weighted by atomic mass is 9.93. The zero-order valence-corrected chi connectivity index (χ0v) is 12.4. The minimum atomic E-state index is -1.25.